The summed E-state index contributed by atoms with van der Waals surface area (Å²) in [6.07, 6.45) is 7.24. The highest BCUT2D eigenvalue weighted by molar-refractivity contribution is 7.97. The van der Waals surface area contributed by atoms with E-state index in [0.717, 1.165) is 19.3 Å². The molecule has 1 aliphatic heterocycles. The second-order valence-electron chi connectivity index (χ2n) is 8.16. The Morgan fingerprint density at radius 1 is 1.10 bits per heavy atom. The van der Waals surface area contributed by atoms with Gasteiger partial charge in [0.05, 0.1) is 5.70 Å². The van der Waals surface area contributed by atoms with Crippen molar-refractivity contribution in [3.8, 4) is 0 Å². The van der Waals surface area contributed by atoms with Gasteiger partial charge in [-0.05, 0) is 42.6 Å². The minimum atomic E-state index is -3.02. The number of nitrogens with one attached hydrogen (secondary N) is 1. The van der Waals surface area contributed by atoms with Crippen LogP contribution >= 0.6 is 0 Å². The van der Waals surface area contributed by atoms with Gasteiger partial charge in [0, 0.05) is 19.2 Å². The van der Waals surface area contributed by atoms with Gasteiger partial charge < -0.3 is 10.1 Å². The van der Waals surface area contributed by atoms with Crippen molar-refractivity contribution in [1.82, 2.24) is 5.32 Å². The van der Waals surface area contributed by atoms with Crippen LogP contribution in [0.15, 0.2) is 49.2 Å². The van der Waals surface area contributed by atoms with E-state index in [-0.39, 0.29) is 5.70 Å². The predicted octanol–water partition coefficient (Wildman–Crippen LogP) is 6.84. The number of rotatable bonds is 13. The van der Waals surface area contributed by atoms with Crippen molar-refractivity contribution in [1.29, 1.82) is 0 Å². The van der Waals surface area contributed by atoms with Gasteiger partial charge in [-0.1, -0.05) is 76.1 Å². The Hall–Kier alpha value is -1.33. The first-order valence-corrected chi connectivity index (χ1v) is 13.3. The molecule has 1 atom stereocenters. The van der Waals surface area contributed by atoms with Crippen LogP contribution in [0.1, 0.15) is 64.4 Å². The van der Waals surface area contributed by atoms with E-state index in [1.54, 1.807) is 0 Å². The van der Waals surface area contributed by atoms with E-state index in [4.69, 9.17) is 0 Å². The van der Waals surface area contributed by atoms with Crippen LogP contribution in [0.5, 0.6) is 0 Å². The first-order chi connectivity index (χ1) is 14.8. The van der Waals surface area contributed by atoms with Crippen molar-refractivity contribution in [3.63, 3.8) is 0 Å². The van der Waals surface area contributed by atoms with Crippen molar-refractivity contribution in [2.75, 3.05) is 30.9 Å². The molecule has 0 saturated carbocycles. The number of ether oxygens (including phenoxy) is 1. The maximum atomic E-state index is 13.6. The van der Waals surface area contributed by atoms with Crippen LogP contribution in [0.3, 0.4) is 0 Å². The third-order valence-electron chi connectivity index (χ3n) is 5.56. The third-order valence-corrected chi connectivity index (χ3v) is 8.05. The van der Waals surface area contributed by atoms with E-state index >= 15 is 0 Å². The van der Waals surface area contributed by atoms with Crippen molar-refractivity contribution < 1.29 is 13.5 Å². The number of methoxy groups -OCH3 is 1. The molecular formula is C26H42F2NOS+. The van der Waals surface area contributed by atoms with Gasteiger partial charge >= 0.3 is 5.92 Å². The van der Waals surface area contributed by atoms with Crippen LogP contribution in [0.25, 0.3) is 5.57 Å². The van der Waals surface area contributed by atoms with Crippen LogP contribution in [0, 0.1) is 0 Å². The molecule has 1 N–H and O–H groups in total. The summed E-state index contributed by atoms with van der Waals surface area (Å²) in [6.45, 7) is 11.6. The van der Waals surface area contributed by atoms with E-state index in [1.165, 1.54) is 68.1 Å². The zero-order chi connectivity index (χ0) is 23.1. The molecule has 0 bridgehead atoms. The molecule has 1 aromatic carbocycles. The van der Waals surface area contributed by atoms with Crippen molar-refractivity contribution >= 4 is 16.5 Å². The molecule has 1 aromatic rings. The Bertz CT molecular complexity index is 630. The average molecular weight is 455 g/mol. The summed E-state index contributed by atoms with van der Waals surface area (Å²) < 4.78 is 31.8. The summed E-state index contributed by atoms with van der Waals surface area (Å²) in [5, 5.41) is 2.69. The fourth-order valence-electron chi connectivity index (χ4n) is 3.34. The standard InChI is InChI=1S/C13H25F2NO.C13H17S/c1-5-6-7-8-9-10-16-11(2)13(14,15)12(3)17-4;1-12(11-14-9-5-6-10-14)13-7-3-2-4-8-13/h12,16H,2,5-10H2,1,3-4H3;2-4,7-8H,1,5-6,9-11H2/q;+1. The van der Waals surface area contributed by atoms with Gasteiger partial charge in [-0.25, -0.2) is 0 Å². The Balaban J connectivity index is 0.000000314. The molecule has 5 heteroatoms. The first-order valence-electron chi connectivity index (χ1n) is 11.5. The predicted molar refractivity (Wildman–Crippen MR) is 134 cm³/mol. The van der Waals surface area contributed by atoms with E-state index in [1.807, 2.05) is 0 Å². The lowest BCUT2D eigenvalue weighted by molar-refractivity contribution is -0.0912. The summed E-state index contributed by atoms with van der Waals surface area (Å²) in [5.74, 6) is 1.08. The molecular weight excluding hydrogens is 412 g/mol. The normalized spacial score (nSPS) is 15.1. The summed E-state index contributed by atoms with van der Waals surface area (Å²) in [5.41, 5.74) is 2.41. The largest absolute Gasteiger partial charge is 0.384 e. The Kier molecular flexibility index (Phi) is 13.8. The van der Waals surface area contributed by atoms with Crippen LogP contribution in [0.2, 0.25) is 0 Å². The highest BCUT2D eigenvalue weighted by atomic mass is 32.2. The zero-order valence-electron chi connectivity index (χ0n) is 19.7. The lowest BCUT2D eigenvalue weighted by Crippen LogP contribution is -2.40. The second kappa shape index (κ2) is 15.5. The summed E-state index contributed by atoms with van der Waals surface area (Å²) in [4.78, 5) is 0. The summed E-state index contributed by atoms with van der Waals surface area (Å²) in [7, 11) is 1.92. The summed E-state index contributed by atoms with van der Waals surface area (Å²) >= 11 is 0. The average Bonchev–Trinajstić information content (AvgIpc) is 3.29. The number of benzene rings is 1. The van der Waals surface area contributed by atoms with Gasteiger partial charge in [-0.2, -0.15) is 8.78 Å². The fourth-order valence-corrected chi connectivity index (χ4v) is 5.72. The van der Waals surface area contributed by atoms with Gasteiger partial charge in [0.2, 0.25) is 0 Å². The molecule has 1 saturated heterocycles. The highest BCUT2D eigenvalue weighted by Gasteiger charge is 2.39. The molecule has 0 aromatic heterocycles. The van der Waals surface area contributed by atoms with Crippen molar-refractivity contribution in [3.05, 3.63) is 54.8 Å². The van der Waals surface area contributed by atoms with Crippen LogP contribution in [0.4, 0.5) is 8.78 Å². The van der Waals surface area contributed by atoms with Gasteiger partial charge in [0.25, 0.3) is 0 Å². The summed E-state index contributed by atoms with van der Waals surface area (Å²) in [6, 6.07) is 10.6. The number of hydrogen-bond acceptors (Lipinski definition) is 2. The maximum Gasteiger partial charge on any atom is 0.311 e. The fraction of sp³-hybridized carbons (Fsp3) is 0.615. The number of alkyl halides is 2. The molecule has 1 heterocycles. The number of unbranched alkanes of at least 4 members (excludes halogenated alkanes) is 4. The molecule has 1 fully saturated rings. The quantitative estimate of drug-likeness (QED) is 0.260. The van der Waals surface area contributed by atoms with E-state index in [9.17, 15) is 8.78 Å². The maximum absolute atomic E-state index is 13.6. The van der Waals surface area contributed by atoms with Crippen molar-refractivity contribution in [2.24, 2.45) is 0 Å². The smallest absolute Gasteiger partial charge is 0.311 e. The van der Waals surface area contributed by atoms with Gasteiger partial charge in [0.1, 0.15) is 23.4 Å². The SMILES string of the molecule is C=C(C[S+]1CCCC1)c1ccccc1.C=C(NCCCCCCC)C(F)(F)C(C)OC. The Labute approximate surface area is 191 Å². The monoisotopic (exact) mass is 454 g/mol. The Morgan fingerprint density at radius 2 is 1.71 bits per heavy atom. The van der Waals surface area contributed by atoms with Gasteiger partial charge in [-0.3, -0.25) is 0 Å². The zero-order valence-corrected chi connectivity index (χ0v) is 20.5. The lowest BCUT2D eigenvalue weighted by atomic mass is 10.1. The second-order valence-corrected chi connectivity index (χ2v) is 10.5. The molecule has 176 valence electrons. The van der Waals surface area contributed by atoms with Crippen molar-refractivity contribution in [2.45, 2.75) is 70.8 Å². The van der Waals surface area contributed by atoms with Crippen LogP contribution in [-0.2, 0) is 15.6 Å². The lowest BCUT2D eigenvalue weighted by Gasteiger charge is -2.25. The van der Waals surface area contributed by atoms with Crippen LogP contribution < -0.4 is 5.32 Å². The molecule has 0 amide bonds. The molecule has 2 nitrogen and oxygen atoms in total. The van der Waals surface area contributed by atoms with Gasteiger partial charge in [-0.15, -0.1) is 0 Å². The molecule has 1 aliphatic rings. The molecule has 2 rings (SSSR count). The van der Waals surface area contributed by atoms with E-state index < -0.39 is 12.0 Å². The van der Waals surface area contributed by atoms with Crippen LogP contribution in [-0.4, -0.2) is 42.9 Å². The molecule has 0 radical (unpaired) electrons. The minimum absolute atomic E-state index is 0.248. The van der Waals surface area contributed by atoms with E-state index in [0.29, 0.717) is 17.4 Å². The molecule has 31 heavy (non-hydrogen) atoms. The number of halogens is 2. The Morgan fingerprint density at radius 3 is 2.29 bits per heavy atom. The third kappa shape index (κ3) is 10.7. The highest BCUT2D eigenvalue weighted by Crippen LogP contribution is 2.27. The van der Waals surface area contributed by atoms with Gasteiger partial charge in [0.15, 0.2) is 0 Å². The molecule has 0 spiro atoms. The molecule has 0 aliphatic carbocycles. The minimum Gasteiger partial charge on any atom is -0.384 e. The number of hydrogen-bond donors (Lipinski definition) is 1. The first kappa shape index (κ1) is 27.7. The topological polar surface area (TPSA) is 21.3 Å². The molecule has 1 unspecified atom stereocenters. The van der Waals surface area contributed by atoms with E-state index in [2.05, 4.69) is 60.5 Å².